The highest BCUT2D eigenvalue weighted by atomic mass is 32.2. The number of nitrogens with one attached hydrogen (secondary N) is 1. The number of rotatable bonds is 6. The van der Waals surface area contributed by atoms with E-state index >= 15 is 0 Å². The van der Waals surface area contributed by atoms with E-state index in [1.807, 2.05) is 23.1 Å². The molecule has 1 aromatic rings. The zero-order valence-electron chi connectivity index (χ0n) is 14.2. The van der Waals surface area contributed by atoms with Gasteiger partial charge in [0.1, 0.15) is 0 Å². The second kappa shape index (κ2) is 6.84. The minimum atomic E-state index is -3.22. The molecule has 5 nitrogen and oxygen atoms in total. The molecule has 1 amide bonds. The average Bonchev–Trinajstić information content (AvgIpc) is 2.62. The minimum absolute atomic E-state index is 0.0625. The van der Waals surface area contributed by atoms with Gasteiger partial charge in [0, 0.05) is 13.1 Å². The van der Waals surface area contributed by atoms with Crippen LogP contribution in [-0.4, -0.2) is 38.1 Å². The number of β-lactam (4-membered cyclic amide) rings is 1. The Labute approximate surface area is 144 Å². The van der Waals surface area contributed by atoms with Gasteiger partial charge in [-0.3, -0.25) is 4.79 Å². The van der Waals surface area contributed by atoms with Crippen LogP contribution in [-0.2, 0) is 14.8 Å². The third kappa shape index (κ3) is 3.09. The molecule has 2 aliphatic rings. The Morgan fingerprint density at radius 2 is 1.83 bits per heavy atom. The van der Waals surface area contributed by atoms with Crippen LogP contribution in [0.1, 0.15) is 50.6 Å². The van der Waals surface area contributed by atoms with Gasteiger partial charge in [-0.15, -0.1) is 0 Å². The van der Waals surface area contributed by atoms with Gasteiger partial charge >= 0.3 is 0 Å². The summed E-state index contributed by atoms with van der Waals surface area (Å²) in [6.07, 6.45) is 5.30. The maximum atomic E-state index is 12.9. The van der Waals surface area contributed by atoms with Crippen molar-refractivity contribution in [1.82, 2.24) is 9.62 Å². The summed E-state index contributed by atoms with van der Waals surface area (Å²) in [4.78, 5) is 14.8. The summed E-state index contributed by atoms with van der Waals surface area (Å²) in [7, 11) is -3.22. The lowest BCUT2D eigenvalue weighted by atomic mass is 9.60. The molecule has 1 aliphatic carbocycles. The number of carbonyl (C=O) groups is 1. The molecular formula is C18H26N2O3S. The van der Waals surface area contributed by atoms with Crippen LogP contribution in [0.2, 0.25) is 0 Å². The van der Waals surface area contributed by atoms with Crippen molar-refractivity contribution < 1.29 is 13.2 Å². The molecule has 1 saturated carbocycles. The zero-order chi connectivity index (χ0) is 17.2. The molecule has 1 atom stereocenters. The molecule has 1 spiro atoms. The second-order valence-electron chi connectivity index (χ2n) is 6.83. The van der Waals surface area contributed by atoms with E-state index in [1.165, 1.54) is 6.42 Å². The minimum Gasteiger partial charge on any atom is -0.333 e. The van der Waals surface area contributed by atoms with Crippen molar-refractivity contribution in [3.8, 4) is 0 Å². The molecule has 132 valence electrons. The van der Waals surface area contributed by atoms with E-state index in [9.17, 15) is 13.2 Å². The third-order valence-electron chi connectivity index (χ3n) is 5.44. The van der Waals surface area contributed by atoms with Crippen molar-refractivity contribution in [2.75, 3.05) is 18.8 Å². The van der Waals surface area contributed by atoms with Gasteiger partial charge in [0.05, 0.1) is 17.2 Å². The number of hydrogen-bond donors (Lipinski definition) is 1. The Morgan fingerprint density at radius 3 is 2.46 bits per heavy atom. The van der Waals surface area contributed by atoms with Gasteiger partial charge in [-0.1, -0.05) is 49.6 Å². The van der Waals surface area contributed by atoms with Gasteiger partial charge < -0.3 is 4.90 Å². The molecule has 1 heterocycles. The van der Waals surface area contributed by atoms with Crippen LogP contribution in [0.5, 0.6) is 0 Å². The molecule has 24 heavy (non-hydrogen) atoms. The highest BCUT2D eigenvalue weighted by Gasteiger charge is 2.60. The fourth-order valence-electron chi connectivity index (χ4n) is 4.21. The lowest BCUT2D eigenvalue weighted by Gasteiger charge is -2.58. The van der Waals surface area contributed by atoms with Crippen molar-refractivity contribution in [3.05, 3.63) is 35.9 Å². The number of amides is 1. The van der Waals surface area contributed by atoms with Crippen LogP contribution in [0, 0.1) is 5.41 Å². The van der Waals surface area contributed by atoms with Gasteiger partial charge in [-0.05, 0) is 25.3 Å². The van der Waals surface area contributed by atoms with Crippen LogP contribution >= 0.6 is 0 Å². The van der Waals surface area contributed by atoms with Crippen LogP contribution in [0.4, 0.5) is 0 Å². The van der Waals surface area contributed by atoms with Gasteiger partial charge in [0.15, 0.2) is 0 Å². The predicted octanol–water partition coefficient (Wildman–Crippen LogP) is 2.46. The van der Waals surface area contributed by atoms with E-state index in [0.717, 1.165) is 31.2 Å². The quantitative estimate of drug-likeness (QED) is 0.802. The highest BCUT2D eigenvalue weighted by Crippen LogP contribution is 2.57. The summed E-state index contributed by atoms with van der Waals surface area (Å²) < 4.78 is 25.8. The second-order valence-corrected chi connectivity index (χ2v) is 8.92. The first-order valence-electron chi connectivity index (χ1n) is 8.83. The summed E-state index contributed by atoms with van der Waals surface area (Å²) in [5, 5.41) is 0. The van der Waals surface area contributed by atoms with Gasteiger partial charge in [-0.2, -0.15) is 0 Å². The molecule has 1 N–H and O–H groups in total. The lowest BCUT2D eigenvalue weighted by Crippen LogP contribution is -2.64. The zero-order valence-corrected chi connectivity index (χ0v) is 15.0. The topological polar surface area (TPSA) is 66.5 Å². The molecule has 0 bridgehead atoms. The molecule has 1 aliphatic heterocycles. The van der Waals surface area contributed by atoms with E-state index in [2.05, 4.69) is 16.9 Å². The maximum Gasteiger partial charge on any atom is 0.231 e. The molecule has 1 aromatic carbocycles. The van der Waals surface area contributed by atoms with Crippen LogP contribution in [0.3, 0.4) is 0 Å². The van der Waals surface area contributed by atoms with Crippen molar-refractivity contribution in [2.45, 2.75) is 45.1 Å². The number of sulfonamides is 1. The number of likely N-dealkylation sites (tertiary alicyclic amines) is 1. The van der Waals surface area contributed by atoms with Crippen molar-refractivity contribution in [1.29, 1.82) is 0 Å². The SMILES string of the molecule is CCS(=O)(=O)NCCN1C(=O)C2(CCCCC2)C1c1ccccc1. The molecule has 2 fully saturated rings. The highest BCUT2D eigenvalue weighted by molar-refractivity contribution is 7.89. The van der Waals surface area contributed by atoms with E-state index in [1.54, 1.807) is 6.92 Å². The molecule has 6 heteroatoms. The van der Waals surface area contributed by atoms with E-state index in [4.69, 9.17) is 0 Å². The van der Waals surface area contributed by atoms with Crippen molar-refractivity contribution in [3.63, 3.8) is 0 Å². The maximum absolute atomic E-state index is 12.9. The van der Waals surface area contributed by atoms with Crippen molar-refractivity contribution in [2.24, 2.45) is 5.41 Å². The average molecular weight is 350 g/mol. The normalized spacial score (nSPS) is 23.3. The van der Waals surface area contributed by atoms with E-state index < -0.39 is 10.0 Å². The number of nitrogens with zero attached hydrogens (tertiary/aromatic N) is 1. The summed E-state index contributed by atoms with van der Waals surface area (Å²) in [5.74, 6) is 0.263. The van der Waals surface area contributed by atoms with E-state index in [0.29, 0.717) is 6.54 Å². The van der Waals surface area contributed by atoms with Gasteiger partial charge in [0.25, 0.3) is 0 Å². The first kappa shape index (κ1) is 17.4. The van der Waals surface area contributed by atoms with Crippen LogP contribution < -0.4 is 4.72 Å². The molecule has 1 unspecified atom stereocenters. The monoisotopic (exact) mass is 350 g/mol. The van der Waals surface area contributed by atoms with Crippen molar-refractivity contribution >= 4 is 15.9 Å². The molecule has 1 saturated heterocycles. The predicted molar refractivity (Wildman–Crippen MR) is 93.9 cm³/mol. The fraction of sp³-hybridized carbons (Fsp3) is 0.611. The number of benzene rings is 1. The molecule has 0 aromatic heterocycles. The summed E-state index contributed by atoms with van der Waals surface area (Å²) in [6.45, 7) is 2.32. The number of hydrogen-bond acceptors (Lipinski definition) is 3. The Morgan fingerprint density at radius 1 is 1.17 bits per heavy atom. The summed E-state index contributed by atoms with van der Waals surface area (Å²) >= 11 is 0. The van der Waals surface area contributed by atoms with Gasteiger partial charge in [-0.25, -0.2) is 13.1 Å². The Hall–Kier alpha value is -1.40. The summed E-state index contributed by atoms with van der Waals surface area (Å²) in [6, 6.07) is 10.2. The fourth-order valence-corrected chi connectivity index (χ4v) is 4.82. The third-order valence-corrected chi connectivity index (χ3v) is 6.84. The van der Waals surface area contributed by atoms with E-state index in [-0.39, 0.29) is 29.7 Å². The molecular weight excluding hydrogens is 324 g/mol. The molecule has 0 radical (unpaired) electrons. The lowest BCUT2D eigenvalue weighted by molar-refractivity contribution is -0.178. The Kier molecular flexibility index (Phi) is 4.97. The molecule has 3 rings (SSSR count). The van der Waals surface area contributed by atoms with Crippen LogP contribution in [0.15, 0.2) is 30.3 Å². The first-order chi connectivity index (χ1) is 11.5. The largest absolute Gasteiger partial charge is 0.333 e. The Balaban J connectivity index is 1.77. The van der Waals surface area contributed by atoms with Crippen LogP contribution in [0.25, 0.3) is 0 Å². The first-order valence-corrected chi connectivity index (χ1v) is 10.5. The van der Waals surface area contributed by atoms with Gasteiger partial charge in [0.2, 0.25) is 15.9 Å². The standard InChI is InChI=1S/C18H26N2O3S/c1-2-24(22,23)19-13-14-20-16(15-9-5-3-6-10-15)18(17(20)21)11-7-4-8-12-18/h3,5-6,9-10,16,19H,2,4,7-8,11-14H2,1H3. The smallest absolute Gasteiger partial charge is 0.231 e. The summed E-state index contributed by atoms with van der Waals surface area (Å²) in [5.41, 5.74) is 0.904. The number of carbonyl (C=O) groups excluding carboxylic acids is 1. The Bertz CT molecular complexity index is 681.